The standard InChI is InChI=1S/C20H14F6N4O3/c1-2-30-18(33)14-6-4-3-5-13(14)15(29-30)17(32)28-27-16(31)10-7-11(19(21,22)23)9-12(8-10)20(24,25)26/h3-9H,2H2,1H3,(H,27,31)(H,28,32). The van der Waals surface area contributed by atoms with Crippen molar-refractivity contribution < 1.29 is 35.9 Å². The number of aryl methyl sites for hydroxylation is 1. The number of carbonyl (C=O) groups is 2. The molecule has 0 unspecified atom stereocenters. The SMILES string of the molecule is CCn1nc(C(=O)NNC(=O)c2cc(C(F)(F)F)cc(C(F)(F)F)c2)c2ccccc2c1=O. The first-order chi connectivity index (χ1) is 15.3. The van der Waals surface area contributed by atoms with Crippen LogP contribution in [0.5, 0.6) is 0 Å². The van der Waals surface area contributed by atoms with E-state index >= 15 is 0 Å². The van der Waals surface area contributed by atoms with Gasteiger partial charge in [0.1, 0.15) is 0 Å². The maximum Gasteiger partial charge on any atom is 0.416 e. The summed E-state index contributed by atoms with van der Waals surface area (Å²) in [6.45, 7) is 1.71. The third kappa shape index (κ3) is 4.96. The molecule has 0 bridgehead atoms. The van der Waals surface area contributed by atoms with Gasteiger partial charge in [-0.1, -0.05) is 18.2 Å². The van der Waals surface area contributed by atoms with E-state index in [4.69, 9.17) is 0 Å². The van der Waals surface area contributed by atoms with Crippen molar-refractivity contribution in [3.8, 4) is 0 Å². The molecule has 1 heterocycles. The third-order valence-electron chi connectivity index (χ3n) is 4.52. The second-order valence-corrected chi connectivity index (χ2v) is 6.72. The van der Waals surface area contributed by atoms with Crippen LogP contribution in [0.3, 0.4) is 0 Å². The molecule has 2 N–H and O–H groups in total. The van der Waals surface area contributed by atoms with Crippen molar-refractivity contribution in [2.24, 2.45) is 0 Å². The van der Waals surface area contributed by atoms with Crippen LogP contribution in [0.4, 0.5) is 26.3 Å². The van der Waals surface area contributed by atoms with Gasteiger partial charge in [0.2, 0.25) is 0 Å². The normalized spacial score (nSPS) is 12.0. The number of carbonyl (C=O) groups excluding carboxylic acids is 2. The van der Waals surface area contributed by atoms with Gasteiger partial charge in [0.25, 0.3) is 17.4 Å². The molecule has 0 saturated carbocycles. The Morgan fingerprint density at radius 3 is 1.91 bits per heavy atom. The first kappa shape index (κ1) is 23.8. The molecule has 2 amide bonds. The highest BCUT2D eigenvalue weighted by Crippen LogP contribution is 2.36. The van der Waals surface area contributed by atoms with Crippen molar-refractivity contribution in [3.05, 3.63) is 75.2 Å². The number of hydrazine groups is 1. The van der Waals surface area contributed by atoms with Gasteiger partial charge >= 0.3 is 12.4 Å². The van der Waals surface area contributed by atoms with Crippen molar-refractivity contribution in [1.82, 2.24) is 20.6 Å². The lowest BCUT2D eigenvalue weighted by Gasteiger charge is -2.14. The molecule has 3 aromatic rings. The van der Waals surface area contributed by atoms with E-state index < -0.39 is 46.4 Å². The fourth-order valence-electron chi connectivity index (χ4n) is 2.95. The van der Waals surface area contributed by atoms with Crippen LogP contribution in [0.25, 0.3) is 10.8 Å². The monoisotopic (exact) mass is 472 g/mol. The zero-order valence-corrected chi connectivity index (χ0v) is 16.6. The topological polar surface area (TPSA) is 93.1 Å². The highest BCUT2D eigenvalue weighted by atomic mass is 19.4. The fourth-order valence-corrected chi connectivity index (χ4v) is 2.95. The quantitative estimate of drug-likeness (QED) is 0.451. The maximum absolute atomic E-state index is 13.0. The van der Waals surface area contributed by atoms with E-state index in [0.717, 1.165) is 4.68 Å². The number of hydrogen-bond acceptors (Lipinski definition) is 4. The van der Waals surface area contributed by atoms with Crippen LogP contribution >= 0.6 is 0 Å². The van der Waals surface area contributed by atoms with Gasteiger partial charge in [-0.25, -0.2) is 4.68 Å². The number of benzene rings is 2. The van der Waals surface area contributed by atoms with Gasteiger partial charge in [-0.3, -0.25) is 25.2 Å². The molecule has 0 atom stereocenters. The van der Waals surface area contributed by atoms with Crippen LogP contribution in [-0.2, 0) is 18.9 Å². The molecular weight excluding hydrogens is 458 g/mol. The predicted octanol–water partition coefficient (Wildman–Crippen LogP) is 3.53. The minimum Gasteiger partial charge on any atom is -0.267 e. The smallest absolute Gasteiger partial charge is 0.267 e. The summed E-state index contributed by atoms with van der Waals surface area (Å²) < 4.78 is 78.9. The van der Waals surface area contributed by atoms with Crippen LogP contribution in [-0.4, -0.2) is 21.6 Å². The molecule has 2 aromatic carbocycles. The summed E-state index contributed by atoms with van der Waals surface area (Å²) in [7, 11) is 0. The van der Waals surface area contributed by atoms with Crippen molar-refractivity contribution in [1.29, 1.82) is 0 Å². The van der Waals surface area contributed by atoms with Crippen molar-refractivity contribution in [2.75, 3.05) is 0 Å². The average Bonchev–Trinajstić information content (AvgIpc) is 2.76. The molecular formula is C20H14F6N4O3. The zero-order chi connectivity index (χ0) is 24.6. The summed E-state index contributed by atoms with van der Waals surface area (Å²) in [5.41, 5.74) is -1.44. The summed E-state index contributed by atoms with van der Waals surface area (Å²) in [5, 5.41) is 4.19. The molecule has 0 aliphatic heterocycles. The average molecular weight is 472 g/mol. The Labute approximate surface area is 181 Å². The number of hydrogen-bond donors (Lipinski definition) is 2. The molecule has 0 spiro atoms. The van der Waals surface area contributed by atoms with E-state index in [0.29, 0.717) is 0 Å². The summed E-state index contributed by atoms with van der Waals surface area (Å²) in [4.78, 5) is 37.1. The molecule has 1 aromatic heterocycles. The molecule has 7 nitrogen and oxygen atoms in total. The molecule has 33 heavy (non-hydrogen) atoms. The van der Waals surface area contributed by atoms with E-state index in [-0.39, 0.29) is 41.2 Å². The van der Waals surface area contributed by atoms with E-state index in [1.807, 2.05) is 5.43 Å². The Bertz CT molecular complexity index is 1270. The van der Waals surface area contributed by atoms with Gasteiger partial charge in [0, 0.05) is 17.5 Å². The van der Waals surface area contributed by atoms with Crippen molar-refractivity contribution in [3.63, 3.8) is 0 Å². The number of rotatable bonds is 3. The minimum atomic E-state index is -5.14. The fraction of sp³-hybridized carbons (Fsp3) is 0.200. The van der Waals surface area contributed by atoms with Gasteiger partial charge in [0.05, 0.1) is 16.5 Å². The number of amides is 2. The van der Waals surface area contributed by atoms with Gasteiger partial charge in [-0.2, -0.15) is 31.4 Å². The minimum absolute atomic E-state index is 0.112. The highest BCUT2D eigenvalue weighted by Gasteiger charge is 2.37. The van der Waals surface area contributed by atoms with Crippen LogP contribution < -0.4 is 16.4 Å². The predicted molar refractivity (Wildman–Crippen MR) is 103 cm³/mol. The van der Waals surface area contributed by atoms with Crippen LogP contribution in [0, 0.1) is 0 Å². The Balaban J connectivity index is 1.91. The molecule has 3 rings (SSSR count). The number of nitrogens with one attached hydrogen (secondary N) is 2. The lowest BCUT2D eigenvalue weighted by molar-refractivity contribution is -0.143. The first-order valence-corrected chi connectivity index (χ1v) is 9.23. The van der Waals surface area contributed by atoms with Crippen LogP contribution in [0.1, 0.15) is 38.9 Å². The second kappa shape index (κ2) is 8.56. The first-order valence-electron chi connectivity index (χ1n) is 9.23. The summed E-state index contributed by atoms with van der Waals surface area (Å²) in [5.74, 6) is -2.46. The van der Waals surface area contributed by atoms with Gasteiger partial charge in [-0.15, -0.1) is 0 Å². The number of nitrogens with zero attached hydrogens (tertiary/aromatic N) is 2. The number of halogens is 6. The number of aromatic nitrogens is 2. The second-order valence-electron chi connectivity index (χ2n) is 6.72. The van der Waals surface area contributed by atoms with E-state index in [2.05, 4.69) is 5.10 Å². The Kier molecular flexibility index (Phi) is 6.16. The molecule has 0 saturated heterocycles. The Hall–Kier alpha value is -3.90. The van der Waals surface area contributed by atoms with Crippen LogP contribution in [0.15, 0.2) is 47.3 Å². The van der Waals surface area contributed by atoms with E-state index in [1.54, 1.807) is 18.4 Å². The molecule has 0 aliphatic carbocycles. The Morgan fingerprint density at radius 1 is 0.879 bits per heavy atom. The zero-order valence-electron chi connectivity index (χ0n) is 16.6. The van der Waals surface area contributed by atoms with E-state index in [1.165, 1.54) is 18.2 Å². The molecule has 174 valence electrons. The van der Waals surface area contributed by atoms with Gasteiger partial charge in [0.15, 0.2) is 5.69 Å². The third-order valence-corrected chi connectivity index (χ3v) is 4.52. The lowest BCUT2D eigenvalue weighted by Crippen LogP contribution is -2.43. The van der Waals surface area contributed by atoms with E-state index in [9.17, 15) is 40.7 Å². The number of alkyl halides is 6. The summed E-state index contributed by atoms with van der Waals surface area (Å²) in [6, 6.07) is 6.27. The molecule has 0 radical (unpaired) electrons. The lowest BCUT2D eigenvalue weighted by atomic mass is 10.0. The van der Waals surface area contributed by atoms with Crippen molar-refractivity contribution in [2.45, 2.75) is 25.8 Å². The van der Waals surface area contributed by atoms with Gasteiger partial charge in [-0.05, 0) is 31.2 Å². The summed E-state index contributed by atoms with van der Waals surface area (Å²) >= 11 is 0. The molecule has 0 fully saturated rings. The maximum atomic E-state index is 13.0. The van der Waals surface area contributed by atoms with Crippen LogP contribution in [0.2, 0.25) is 0 Å². The Morgan fingerprint density at radius 2 is 1.39 bits per heavy atom. The molecule has 13 heteroatoms. The summed E-state index contributed by atoms with van der Waals surface area (Å²) in [6.07, 6.45) is -10.3. The largest absolute Gasteiger partial charge is 0.416 e. The van der Waals surface area contributed by atoms with Crippen molar-refractivity contribution >= 4 is 22.6 Å². The highest BCUT2D eigenvalue weighted by molar-refractivity contribution is 6.06. The number of fused-ring (bicyclic) bond motifs is 1. The van der Waals surface area contributed by atoms with Gasteiger partial charge < -0.3 is 0 Å². The molecule has 0 aliphatic rings.